The Bertz CT molecular complexity index is 998. The summed E-state index contributed by atoms with van der Waals surface area (Å²) >= 11 is 0. The number of hydrogen-bond acceptors (Lipinski definition) is 3. The summed E-state index contributed by atoms with van der Waals surface area (Å²) in [5.74, 6) is -0.961. The van der Waals surface area contributed by atoms with Crippen molar-refractivity contribution in [2.24, 2.45) is 0 Å². The lowest BCUT2D eigenvalue weighted by Gasteiger charge is -2.17. The maximum absolute atomic E-state index is 13.4. The van der Waals surface area contributed by atoms with E-state index in [0.717, 1.165) is 11.3 Å². The number of nitrogens with one attached hydrogen (secondary N) is 3. The molecule has 2 aliphatic rings. The number of halogens is 1. The van der Waals surface area contributed by atoms with Gasteiger partial charge >= 0.3 is 0 Å². The number of hydrogen-bond donors (Lipinski definition) is 3. The Labute approximate surface area is 161 Å². The van der Waals surface area contributed by atoms with Crippen molar-refractivity contribution in [1.29, 1.82) is 0 Å². The number of aryl methyl sites for hydroxylation is 1. The third kappa shape index (κ3) is 3.04. The van der Waals surface area contributed by atoms with Crippen molar-refractivity contribution in [2.75, 3.05) is 11.4 Å². The third-order valence-electron chi connectivity index (χ3n) is 5.41. The molecule has 0 unspecified atom stereocenters. The molecule has 3 amide bonds. The van der Waals surface area contributed by atoms with Gasteiger partial charge in [-0.15, -0.1) is 0 Å². The predicted octanol–water partition coefficient (Wildman–Crippen LogP) is 1.48. The first kappa shape index (κ1) is 18.2. The average molecular weight is 384 g/mol. The second-order valence-electron chi connectivity index (χ2n) is 7.26. The topological polar surface area (TPSA) is 94.3 Å². The van der Waals surface area contributed by atoms with Gasteiger partial charge in [-0.2, -0.15) is 0 Å². The Morgan fingerprint density at radius 3 is 2.82 bits per heavy atom. The monoisotopic (exact) mass is 384 g/mol. The summed E-state index contributed by atoms with van der Waals surface area (Å²) < 4.78 is 13.4. The lowest BCUT2D eigenvalue weighted by Crippen LogP contribution is -2.40. The van der Waals surface area contributed by atoms with Gasteiger partial charge in [0, 0.05) is 23.6 Å². The van der Waals surface area contributed by atoms with Crippen molar-refractivity contribution in [1.82, 2.24) is 15.6 Å². The van der Waals surface area contributed by atoms with Crippen LogP contribution in [0.1, 0.15) is 39.3 Å². The minimum atomic E-state index is -0.522. The summed E-state index contributed by atoms with van der Waals surface area (Å²) in [7, 11) is 0. The van der Waals surface area contributed by atoms with Gasteiger partial charge in [0.1, 0.15) is 11.9 Å². The van der Waals surface area contributed by atoms with E-state index in [4.69, 9.17) is 0 Å². The zero-order chi connectivity index (χ0) is 20.0. The molecule has 0 radical (unpaired) electrons. The smallest absolute Gasteiger partial charge is 0.254 e. The molecule has 3 heterocycles. The van der Waals surface area contributed by atoms with E-state index in [0.29, 0.717) is 35.5 Å². The first-order chi connectivity index (χ1) is 13.3. The molecule has 0 aliphatic carbocycles. The molecular formula is C20H21FN4O3. The fraction of sp³-hybridized carbons (Fsp3) is 0.350. The van der Waals surface area contributed by atoms with Crippen molar-refractivity contribution in [3.63, 3.8) is 0 Å². The molecule has 1 fully saturated rings. The van der Waals surface area contributed by atoms with Crippen LogP contribution in [0.4, 0.5) is 10.1 Å². The molecule has 3 N–H and O–H groups in total. The zero-order valence-corrected chi connectivity index (χ0v) is 15.7. The number of anilines is 1. The molecule has 1 aromatic heterocycles. The molecule has 1 saturated heterocycles. The lowest BCUT2D eigenvalue weighted by atomic mass is 10.1. The summed E-state index contributed by atoms with van der Waals surface area (Å²) in [6.45, 7) is 4.42. The van der Waals surface area contributed by atoms with Crippen molar-refractivity contribution in [3.05, 3.63) is 52.1 Å². The van der Waals surface area contributed by atoms with E-state index >= 15 is 0 Å². The van der Waals surface area contributed by atoms with Crippen LogP contribution in [-0.4, -0.2) is 35.3 Å². The first-order valence-electron chi connectivity index (χ1n) is 9.20. The molecule has 0 spiro atoms. The number of rotatable bonds is 4. The van der Waals surface area contributed by atoms with Crippen molar-refractivity contribution in [3.8, 4) is 0 Å². The second-order valence-corrected chi connectivity index (χ2v) is 7.26. The number of benzene rings is 1. The first-order valence-corrected chi connectivity index (χ1v) is 9.20. The summed E-state index contributed by atoms with van der Waals surface area (Å²) in [6, 6.07) is 3.80. The molecule has 0 bridgehead atoms. The maximum Gasteiger partial charge on any atom is 0.254 e. The molecule has 8 heteroatoms. The Morgan fingerprint density at radius 2 is 2.11 bits per heavy atom. The highest BCUT2D eigenvalue weighted by atomic mass is 19.1. The number of fused-ring (bicyclic) bond motifs is 1. The summed E-state index contributed by atoms with van der Waals surface area (Å²) in [5, 5.41) is 5.47. The number of aromatic amines is 1. The summed E-state index contributed by atoms with van der Waals surface area (Å²) in [6.07, 6.45) is 0.728. The van der Waals surface area contributed by atoms with E-state index < -0.39 is 6.04 Å². The van der Waals surface area contributed by atoms with Gasteiger partial charge < -0.3 is 20.5 Å². The van der Waals surface area contributed by atoms with Gasteiger partial charge in [0.05, 0.1) is 18.5 Å². The van der Waals surface area contributed by atoms with E-state index in [1.54, 1.807) is 17.9 Å². The maximum atomic E-state index is 13.4. The standard InChI is InChI=1S/C20H21FN4O3/c1-10-15(9-25-16-4-3-13(21)7-12(16)8-17(25)26)23-11(2)18(10)20(28)24-14-5-6-22-19(14)27/h3-4,7,14,23H,5-6,8-9H2,1-2H3,(H,22,27)(H,24,28)/t14-/m0/s1. The summed E-state index contributed by atoms with van der Waals surface area (Å²) in [4.78, 5) is 41.6. The van der Waals surface area contributed by atoms with Crippen LogP contribution < -0.4 is 15.5 Å². The number of carbonyl (C=O) groups is 3. The highest BCUT2D eigenvalue weighted by Crippen LogP contribution is 2.31. The number of carbonyl (C=O) groups excluding carboxylic acids is 3. The van der Waals surface area contributed by atoms with E-state index in [2.05, 4.69) is 15.6 Å². The molecule has 2 aliphatic heterocycles. The van der Waals surface area contributed by atoms with Gasteiger partial charge in [0.2, 0.25) is 11.8 Å². The number of nitrogens with zero attached hydrogens (tertiary/aromatic N) is 1. The van der Waals surface area contributed by atoms with Crippen LogP contribution in [0.25, 0.3) is 0 Å². The SMILES string of the molecule is Cc1[nH]c(CN2C(=O)Cc3cc(F)ccc32)c(C)c1C(=O)N[C@H]1CCNC1=O. The minimum Gasteiger partial charge on any atom is -0.360 e. The van der Waals surface area contributed by atoms with Crippen LogP contribution in [0, 0.1) is 19.7 Å². The molecule has 4 rings (SSSR count). The Balaban J connectivity index is 1.57. The van der Waals surface area contributed by atoms with Crippen LogP contribution in [0.15, 0.2) is 18.2 Å². The van der Waals surface area contributed by atoms with Crippen molar-refractivity contribution in [2.45, 2.75) is 39.3 Å². The number of aromatic nitrogens is 1. The second kappa shape index (κ2) is 6.78. The van der Waals surface area contributed by atoms with Crippen LogP contribution in [-0.2, 0) is 22.6 Å². The molecule has 0 saturated carbocycles. The average Bonchev–Trinajstić information content (AvgIpc) is 3.25. The van der Waals surface area contributed by atoms with Gasteiger partial charge in [-0.05, 0) is 49.6 Å². The molecule has 7 nitrogen and oxygen atoms in total. The normalized spacial score (nSPS) is 18.4. The Hall–Kier alpha value is -3.16. The minimum absolute atomic E-state index is 0.110. The van der Waals surface area contributed by atoms with Gasteiger partial charge in [-0.1, -0.05) is 0 Å². The molecule has 1 atom stereocenters. The number of H-pyrrole nitrogens is 1. The largest absolute Gasteiger partial charge is 0.360 e. The van der Waals surface area contributed by atoms with E-state index in [1.807, 2.05) is 6.92 Å². The van der Waals surface area contributed by atoms with E-state index in [-0.39, 0.29) is 36.5 Å². The predicted molar refractivity (Wildman–Crippen MR) is 100 cm³/mol. The molecule has 2 aromatic rings. The highest BCUT2D eigenvalue weighted by Gasteiger charge is 2.31. The van der Waals surface area contributed by atoms with E-state index in [9.17, 15) is 18.8 Å². The van der Waals surface area contributed by atoms with Crippen LogP contribution in [0.3, 0.4) is 0 Å². The van der Waals surface area contributed by atoms with Crippen molar-refractivity contribution < 1.29 is 18.8 Å². The van der Waals surface area contributed by atoms with Gasteiger partial charge in [0.25, 0.3) is 5.91 Å². The molecule has 28 heavy (non-hydrogen) atoms. The Kier molecular flexibility index (Phi) is 4.41. The van der Waals surface area contributed by atoms with Gasteiger partial charge in [0.15, 0.2) is 0 Å². The van der Waals surface area contributed by atoms with Gasteiger partial charge in [-0.25, -0.2) is 4.39 Å². The van der Waals surface area contributed by atoms with Gasteiger partial charge in [-0.3, -0.25) is 14.4 Å². The van der Waals surface area contributed by atoms with Crippen LogP contribution in [0.5, 0.6) is 0 Å². The fourth-order valence-corrected chi connectivity index (χ4v) is 3.96. The molecule has 1 aromatic carbocycles. The molecular weight excluding hydrogens is 363 g/mol. The quantitative estimate of drug-likeness (QED) is 0.745. The third-order valence-corrected chi connectivity index (χ3v) is 5.41. The Morgan fingerprint density at radius 1 is 1.32 bits per heavy atom. The van der Waals surface area contributed by atoms with E-state index in [1.165, 1.54) is 12.1 Å². The summed E-state index contributed by atoms with van der Waals surface area (Å²) in [5.41, 5.74) is 3.98. The lowest BCUT2D eigenvalue weighted by molar-refractivity contribution is -0.120. The van der Waals surface area contributed by atoms with Crippen LogP contribution >= 0.6 is 0 Å². The molecule has 146 valence electrons. The number of amides is 3. The zero-order valence-electron chi connectivity index (χ0n) is 15.7. The highest BCUT2D eigenvalue weighted by molar-refractivity contribution is 6.02. The van der Waals surface area contributed by atoms with Crippen molar-refractivity contribution >= 4 is 23.4 Å². The van der Waals surface area contributed by atoms with Crippen LogP contribution in [0.2, 0.25) is 0 Å². The fourth-order valence-electron chi connectivity index (χ4n) is 3.96.